The van der Waals surface area contributed by atoms with Gasteiger partial charge in [0.2, 0.25) is 0 Å². The number of benzene rings is 1. The zero-order valence-electron chi connectivity index (χ0n) is 16.8. The van der Waals surface area contributed by atoms with E-state index in [4.69, 9.17) is 0 Å². The van der Waals surface area contributed by atoms with Crippen molar-refractivity contribution in [3.8, 4) is 11.3 Å². The van der Waals surface area contributed by atoms with Gasteiger partial charge in [0.05, 0.1) is 16.8 Å². The predicted octanol–water partition coefficient (Wildman–Crippen LogP) is 2.80. The van der Waals surface area contributed by atoms with Crippen molar-refractivity contribution < 1.29 is 4.79 Å². The van der Waals surface area contributed by atoms with E-state index in [1.165, 1.54) is 6.33 Å². The van der Waals surface area contributed by atoms with Gasteiger partial charge < -0.3 is 10.6 Å². The van der Waals surface area contributed by atoms with E-state index in [2.05, 4.69) is 35.6 Å². The standard InChI is InChI=1S/C22H21N7O/c1-14-26-11-16(12-27-14)19-10-20(29-13-28-19)24-8-6-15-4-3-5-17-18(22(30)23-2)7-9-25-21(15)17/h3-5,7,9-13H,6,8H2,1-2H3,(H,23,30)(H,24,28,29). The molecule has 0 atom stereocenters. The van der Waals surface area contributed by atoms with Gasteiger partial charge in [0.1, 0.15) is 18.0 Å². The Morgan fingerprint density at radius 1 is 1.03 bits per heavy atom. The molecule has 3 aromatic heterocycles. The Morgan fingerprint density at radius 2 is 1.87 bits per heavy atom. The van der Waals surface area contributed by atoms with Crippen molar-refractivity contribution in [2.45, 2.75) is 13.3 Å². The van der Waals surface area contributed by atoms with Crippen LogP contribution >= 0.6 is 0 Å². The maximum absolute atomic E-state index is 12.1. The molecule has 2 N–H and O–H groups in total. The number of amides is 1. The molecule has 3 heterocycles. The molecular formula is C22H21N7O. The van der Waals surface area contributed by atoms with Crippen molar-refractivity contribution in [2.24, 2.45) is 0 Å². The number of para-hydroxylation sites is 1. The first-order valence-corrected chi connectivity index (χ1v) is 9.59. The number of hydrogen-bond donors (Lipinski definition) is 2. The van der Waals surface area contributed by atoms with Crippen molar-refractivity contribution in [1.29, 1.82) is 0 Å². The molecule has 0 aliphatic rings. The van der Waals surface area contributed by atoms with Crippen molar-refractivity contribution in [2.75, 3.05) is 18.9 Å². The molecule has 0 radical (unpaired) electrons. The number of anilines is 1. The number of carbonyl (C=O) groups is 1. The molecule has 8 nitrogen and oxygen atoms in total. The number of rotatable bonds is 6. The summed E-state index contributed by atoms with van der Waals surface area (Å²) in [6.45, 7) is 2.50. The fraction of sp³-hybridized carbons (Fsp3) is 0.182. The van der Waals surface area contributed by atoms with E-state index >= 15 is 0 Å². The minimum Gasteiger partial charge on any atom is -0.370 e. The van der Waals surface area contributed by atoms with Crippen LogP contribution in [0.25, 0.3) is 22.2 Å². The average molecular weight is 399 g/mol. The van der Waals surface area contributed by atoms with Gasteiger partial charge in [0.15, 0.2) is 0 Å². The van der Waals surface area contributed by atoms with Crippen LogP contribution in [0.4, 0.5) is 5.82 Å². The summed E-state index contributed by atoms with van der Waals surface area (Å²) in [5.74, 6) is 1.32. The van der Waals surface area contributed by atoms with Crippen LogP contribution in [0.1, 0.15) is 21.7 Å². The van der Waals surface area contributed by atoms with Crippen LogP contribution in [0.5, 0.6) is 0 Å². The number of nitrogens with zero attached hydrogens (tertiary/aromatic N) is 5. The lowest BCUT2D eigenvalue weighted by Gasteiger charge is -2.10. The van der Waals surface area contributed by atoms with E-state index in [1.54, 1.807) is 31.7 Å². The molecule has 0 saturated carbocycles. The first-order valence-electron chi connectivity index (χ1n) is 9.59. The molecule has 8 heteroatoms. The summed E-state index contributed by atoms with van der Waals surface area (Å²) in [5.41, 5.74) is 4.12. The topological polar surface area (TPSA) is 106 Å². The highest BCUT2D eigenvalue weighted by atomic mass is 16.1. The smallest absolute Gasteiger partial charge is 0.251 e. The summed E-state index contributed by atoms with van der Waals surface area (Å²) in [6.07, 6.45) is 7.42. The van der Waals surface area contributed by atoms with Crippen molar-refractivity contribution >= 4 is 22.6 Å². The van der Waals surface area contributed by atoms with Crippen LogP contribution in [0.3, 0.4) is 0 Å². The Kier molecular flexibility index (Phi) is 5.56. The summed E-state index contributed by atoms with van der Waals surface area (Å²) >= 11 is 0. The molecule has 4 rings (SSSR count). The van der Waals surface area contributed by atoms with Crippen LogP contribution < -0.4 is 10.6 Å². The highest BCUT2D eigenvalue weighted by Gasteiger charge is 2.11. The maximum Gasteiger partial charge on any atom is 0.251 e. The molecule has 0 saturated heterocycles. The van der Waals surface area contributed by atoms with Gasteiger partial charge in [-0.2, -0.15) is 0 Å². The molecule has 30 heavy (non-hydrogen) atoms. The molecule has 0 fully saturated rings. The number of aryl methyl sites for hydroxylation is 1. The minimum atomic E-state index is -0.119. The SMILES string of the molecule is CNC(=O)c1ccnc2c(CCNc3cc(-c4cnc(C)nc4)ncn3)cccc12. The second-order valence-electron chi connectivity index (χ2n) is 6.74. The highest BCUT2D eigenvalue weighted by Crippen LogP contribution is 2.21. The summed E-state index contributed by atoms with van der Waals surface area (Å²) < 4.78 is 0. The summed E-state index contributed by atoms with van der Waals surface area (Å²) in [4.78, 5) is 33.7. The lowest BCUT2D eigenvalue weighted by molar-refractivity contribution is 0.0964. The van der Waals surface area contributed by atoms with E-state index in [-0.39, 0.29) is 5.91 Å². The number of hydrogen-bond acceptors (Lipinski definition) is 7. The van der Waals surface area contributed by atoms with Gasteiger partial charge in [-0.25, -0.2) is 19.9 Å². The van der Waals surface area contributed by atoms with Crippen molar-refractivity contribution in [3.63, 3.8) is 0 Å². The second-order valence-corrected chi connectivity index (χ2v) is 6.74. The fourth-order valence-corrected chi connectivity index (χ4v) is 3.23. The molecule has 4 aromatic rings. The zero-order valence-corrected chi connectivity index (χ0v) is 16.8. The third kappa shape index (κ3) is 4.07. The van der Waals surface area contributed by atoms with E-state index in [1.807, 2.05) is 31.2 Å². The quantitative estimate of drug-likeness (QED) is 0.513. The van der Waals surface area contributed by atoms with Crippen LogP contribution in [0.15, 0.2) is 55.2 Å². The molecule has 0 spiro atoms. The Balaban J connectivity index is 1.50. The van der Waals surface area contributed by atoms with Gasteiger partial charge in [0.25, 0.3) is 5.91 Å². The Bertz CT molecular complexity index is 1190. The third-order valence-corrected chi connectivity index (χ3v) is 4.77. The average Bonchev–Trinajstić information content (AvgIpc) is 2.79. The van der Waals surface area contributed by atoms with E-state index in [0.29, 0.717) is 12.1 Å². The molecule has 1 aromatic carbocycles. The molecule has 150 valence electrons. The van der Waals surface area contributed by atoms with Gasteiger partial charge in [-0.1, -0.05) is 18.2 Å². The molecule has 0 bridgehead atoms. The molecule has 0 unspecified atom stereocenters. The molecule has 1 amide bonds. The van der Waals surface area contributed by atoms with Crippen LogP contribution in [-0.4, -0.2) is 44.4 Å². The first kappa shape index (κ1) is 19.4. The number of nitrogens with one attached hydrogen (secondary N) is 2. The Hall–Kier alpha value is -3.94. The molecule has 0 aliphatic heterocycles. The maximum atomic E-state index is 12.1. The first-order chi connectivity index (χ1) is 14.7. The highest BCUT2D eigenvalue weighted by molar-refractivity contribution is 6.06. The lowest BCUT2D eigenvalue weighted by Crippen LogP contribution is -2.18. The summed E-state index contributed by atoms with van der Waals surface area (Å²) in [7, 11) is 1.63. The predicted molar refractivity (Wildman–Crippen MR) is 115 cm³/mol. The van der Waals surface area contributed by atoms with Crippen LogP contribution in [0, 0.1) is 6.92 Å². The number of pyridine rings is 1. The van der Waals surface area contributed by atoms with Gasteiger partial charge in [-0.15, -0.1) is 0 Å². The van der Waals surface area contributed by atoms with Gasteiger partial charge in [-0.05, 0) is 25.0 Å². The normalized spacial score (nSPS) is 10.7. The fourth-order valence-electron chi connectivity index (χ4n) is 3.23. The zero-order chi connectivity index (χ0) is 20.9. The second kappa shape index (κ2) is 8.60. The Morgan fingerprint density at radius 3 is 2.67 bits per heavy atom. The van der Waals surface area contributed by atoms with E-state index in [0.717, 1.165) is 45.8 Å². The largest absolute Gasteiger partial charge is 0.370 e. The monoisotopic (exact) mass is 399 g/mol. The van der Waals surface area contributed by atoms with Crippen LogP contribution in [-0.2, 0) is 6.42 Å². The third-order valence-electron chi connectivity index (χ3n) is 4.77. The van der Waals surface area contributed by atoms with Gasteiger partial charge >= 0.3 is 0 Å². The minimum absolute atomic E-state index is 0.119. The number of fused-ring (bicyclic) bond motifs is 1. The van der Waals surface area contributed by atoms with Gasteiger partial charge in [-0.3, -0.25) is 9.78 Å². The van der Waals surface area contributed by atoms with Crippen molar-refractivity contribution in [3.05, 3.63) is 72.2 Å². The van der Waals surface area contributed by atoms with Crippen molar-refractivity contribution in [1.82, 2.24) is 30.2 Å². The van der Waals surface area contributed by atoms with Gasteiger partial charge in [0, 0.05) is 49.2 Å². The van der Waals surface area contributed by atoms with E-state index in [9.17, 15) is 4.79 Å². The molecular weight excluding hydrogens is 378 g/mol. The van der Waals surface area contributed by atoms with E-state index < -0.39 is 0 Å². The molecule has 0 aliphatic carbocycles. The number of carbonyl (C=O) groups excluding carboxylic acids is 1. The summed E-state index contributed by atoms with van der Waals surface area (Å²) in [6, 6.07) is 9.51. The summed E-state index contributed by atoms with van der Waals surface area (Å²) in [5, 5.41) is 6.85. The lowest BCUT2D eigenvalue weighted by atomic mass is 10.0. The van der Waals surface area contributed by atoms with Crippen LogP contribution in [0.2, 0.25) is 0 Å². The number of aromatic nitrogens is 5. The Labute approximate surface area is 173 Å².